The fraction of sp³-hybridized carbons (Fsp3) is 0.667. The molecule has 0 heterocycles. The van der Waals surface area contributed by atoms with Gasteiger partial charge in [0, 0.05) is 12.8 Å². The van der Waals surface area contributed by atoms with Crippen LogP contribution in [-0.4, -0.2) is 19.2 Å². The Hall–Kier alpha value is -0.990. The van der Waals surface area contributed by atoms with E-state index >= 15 is 0 Å². The Morgan fingerprint density at radius 1 is 1.42 bits per heavy atom. The number of esters is 1. The highest BCUT2D eigenvalue weighted by Gasteiger charge is 1.96. The first-order chi connectivity index (χ1) is 5.81. The molecule has 3 heteroatoms. The summed E-state index contributed by atoms with van der Waals surface area (Å²) in [6.07, 6.45) is 4.63. The van der Waals surface area contributed by atoms with E-state index in [9.17, 15) is 4.79 Å². The van der Waals surface area contributed by atoms with Gasteiger partial charge < -0.3 is 9.47 Å². The zero-order valence-corrected chi connectivity index (χ0v) is 7.71. The molecule has 0 fully saturated rings. The molecule has 0 N–H and O–H groups in total. The summed E-state index contributed by atoms with van der Waals surface area (Å²) in [4.78, 5) is 10.6. The fourth-order valence-electron chi connectivity index (χ4n) is 0.595. The Morgan fingerprint density at radius 2 is 2.17 bits per heavy atom. The number of hydrogen-bond acceptors (Lipinski definition) is 3. The molecule has 0 saturated carbocycles. The summed E-state index contributed by atoms with van der Waals surface area (Å²) in [6.45, 7) is 4.71. The summed E-state index contributed by atoms with van der Waals surface area (Å²) in [5, 5.41) is 0. The lowest BCUT2D eigenvalue weighted by atomic mass is 10.5. The van der Waals surface area contributed by atoms with Gasteiger partial charge in [-0.2, -0.15) is 0 Å². The van der Waals surface area contributed by atoms with Gasteiger partial charge in [0.05, 0.1) is 19.5 Å². The molecule has 12 heavy (non-hydrogen) atoms. The van der Waals surface area contributed by atoms with Crippen LogP contribution in [0.25, 0.3) is 0 Å². The van der Waals surface area contributed by atoms with Crippen LogP contribution in [-0.2, 0) is 14.3 Å². The lowest BCUT2D eigenvalue weighted by Gasteiger charge is -2.02. The third-order valence-corrected chi connectivity index (χ3v) is 1.19. The predicted octanol–water partition coefficient (Wildman–Crippen LogP) is 1.88. The normalized spacial score (nSPS) is 10.2. The van der Waals surface area contributed by atoms with Crippen LogP contribution in [0.4, 0.5) is 0 Å². The quantitative estimate of drug-likeness (QED) is 0.348. The van der Waals surface area contributed by atoms with E-state index in [1.165, 1.54) is 0 Å². The molecular weight excluding hydrogens is 156 g/mol. The molecule has 0 aliphatic carbocycles. The SMILES string of the molecule is CC=COCCCOC(=O)CC. The number of allylic oxidation sites excluding steroid dienone is 1. The van der Waals surface area contributed by atoms with Gasteiger partial charge >= 0.3 is 5.97 Å². The molecule has 0 aliphatic rings. The van der Waals surface area contributed by atoms with Gasteiger partial charge in [-0.15, -0.1) is 0 Å². The first kappa shape index (κ1) is 11.0. The minimum absolute atomic E-state index is 0.152. The van der Waals surface area contributed by atoms with E-state index in [4.69, 9.17) is 9.47 Å². The molecular formula is C9H16O3. The highest BCUT2D eigenvalue weighted by Crippen LogP contribution is 1.89. The monoisotopic (exact) mass is 172 g/mol. The molecule has 0 spiro atoms. The molecule has 70 valence electrons. The van der Waals surface area contributed by atoms with Gasteiger partial charge in [0.25, 0.3) is 0 Å². The van der Waals surface area contributed by atoms with Crippen LogP contribution >= 0.6 is 0 Å². The van der Waals surface area contributed by atoms with Crippen molar-refractivity contribution in [2.45, 2.75) is 26.7 Å². The van der Waals surface area contributed by atoms with E-state index in [0.717, 1.165) is 6.42 Å². The Labute approximate surface area is 73.4 Å². The number of hydrogen-bond donors (Lipinski definition) is 0. The lowest BCUT2D eigenvalue weighted by Crippen LogP contribution is -2.05. The number of rotatable bonds is 6. The summed E-state index contributed by atoms with van der Waals surface area (Å²) in [5.41, 5.74) is 0. The number of carbonyl (C=O) groups excluding carboxylic acids is 1. The summed E-state index contributed by atoms with van der Waals surface area (Å²) < 4.78 is 9.85. The Balaban J connectivity index is 3.05. The first-order valence-electron chi connectivity index (χ1n) is 4.19. The van der Waals surface area contributed by atoms with Gasteiger partial charge in [0.2, 0.25) is 0 Å². The van der Waals surface area contributed by atoms with Crippen LogP contribution in [0.15, 0.2) is 12.3 Å². The number of ether oxygens (including phenoxy) is 2. The van der Waals surface area contributed by atoms with E-state index in [1.54, 1.807) is 13.2 Å². The van der Waals surface area contributed by atoms with Gasteiger partial charge in [0.15, 0.2) is 0 Å². The third kappa shape index (κ3) is 7.12. The molecule has 3 nitrogen and oxygen atoms in total. The molecule has 0 rings (SSSR count). The van der Waals surface area contributed by atoms with E-state index in [2.05, 4.69) is 0 Å². The predicted molar refractivity (Wildman–Crippen MR) is 46.6 cm³/mol. The summed E-state index contributed by atoms with van der Waals surface area (Å²) in [5.74, 6) is -0.152. The van der Waals surface area contributed by atoms with Crippen molar-refractivity contribution in [1.29, 1.82) is 0 Å². The van der Waals surface area contributed by atoms with E-state index in [0.29, 0.717) is 19.6 Å². The summed E-state index contributed by atoms with van der Waals surface area (Å²) >= 11 is 0. The first-order valence-corrected chi connectivity index (χ1v) is 4.19. The average Bonchev–Trinajstić information content (AvgIpc) is 2.10. The number of carbonyl (C=O) groups is 1. The van der Waals surface area contributed by atoms with Gasteiger partial charge in [-0.1, -0.05) is 13.0 Å². The van der Waals surface area contributed by atoms with Crippen LogP contribution in [0.2, 0.25) is 0 Å². The fourth-order valence-corrected chi connectivity index (χ4v) is 0.595. The second-order valence-electron chi connectivity index (χ2n) is 2.27. The smallest absolute Gasteiger partial charge is 0.305 e. The van der Waals surface area contributed by atoms with Gasteiger partial charge in [-0.3, -0.25) is 4.79 Å². The van der Waals surface area contributed by atoms with Crippen molar-refractivity contribution >= 4 is 5.97 Å². The van der Waals surface area contributed by atoms with Gasteiger partial charge in [-0.05, 0) is 6.92 Å². The van der Waals surface area contributed by atoms with Crippen molar-refractivity contribution in [3.05, 3.63) is 12.3 Å². The van der Waals surface area contributed by atoms with E-state index in [-0.39, 0.29) is 5.97 Å². The summed E-state index contributed by atoms with van der Waals surface area (Å²) in [6, 6.07) is 0. The van der Waals surface area contributed by atoms with Crippen molar-refractivity contribution in [3.8, 4) is 0 Å². The molecule has 0 amide bonds. The molecule has 0 saturated heterocycles. The molecule has 0 unspecified atom stereocenters. The second-order valence-corrected chi connectivity index (χ2v) is 2.27. The molecule has 0 radical (unpaired) electrons. The molecule has 0 aromatic rings. The van der Waals surface area contributed by atoms with Crippen LogP contribution < -0.4 is 0 Å². The average molecular weight is 172 g/mol. The van der Waals surface area contributed by atoms with Crippen molar-refractivity contribution in [2.75, 3.05) is 13.2 Å². The maximum absolute atomic E-state index is 10.6. The Bertz CT molecular complexity index is 141. The zero-order chi connectivity index (χ0) is 9.23. The minimum atomic E-state index is -0.152. The van der Waals surface area contributed by atoms with Crippen molar-refractivity contribution in [2.24, 2.45) is 0 Å². The van der Waals surface area contributed by atoms with Crippen LogP contribution in [0, 0.1) is 0 Å². The maximum atomic E-state index is 10.6. The summed E-state index contributed by atoms with van der Waals surface area (Å²) in [7, 11) is 0. The van der Waals surface area contributed by atoms with Crippen LogP contribution in [0.5, 0.6) is 0 Å². The Kier molecular flexibility index (Phi) is 7.44. The third-order valence-electron chi connectivity index (χ3n) is 1.19. The maximum Gasteiger partial charge on any atom is 0.305 e. The Morgan fingerprint density at radius 3 is 2.75 bits per heavy atom. The molecule has 0 atom stereocenters. The molecule has 0 aliphatic heterocycles. The second kappa shape index (κ2) is 8.11. The van der Waals surface area contributed by atoms with E-state index < -0.39 is 0 Å². The van der Waals surface area contributed by atoms with E-state index in [1.807, 2.05) is 13.0 Å². The largest absolute Gasteiger partial charge is 0.501 e. The lowest BCUT2D eigenvalue weighted by molar-refractivity contribution is -0.143. The van der Waals surface area contributed by atoms with Crippen molar-refractivity contribution in [3.63, 3.8) is 0 Å². The standard InChI is InChI=1S/C9H16O3/c1-3-6-11-7-5-8-12-9(10)4-2/h3,6H,4-5,7-8H2,1-2H3. The minimum Gasteiger partial charge on any atom is -0.501 e. The highest BCUT2D eigenvalue weighted by atomic mass is 16.5. The van der Waals surface area contributed by atoms with Crippen molar-refractivity contribution < 1.29 is 14.3 Å². The molecule has 0 aromatic heterocycles. The highest BCUT2D eigenvalue weighted by molar-refractivity contribution is 5.68. The van der Waals surface area contributed by atoms with Gasteiger partial charge in [0.1, 0.15) is 0 Å². The van der Waals surface area contributed by atoms with Crippen LogP contribution in [0.3, 0.4) is 0 Å². The van der Waals surface area contributed by atoms with Gasteiger partial charge in [-0.25, -0.2) is 0 Å². The topological polar surface area (TPSA) is 35.5 Å². The zero-order valence-electron chi connectivity index (χ0n) is 7.71. The van der Waals surface area contributed by atoms with Crippen molar-refractivity contribution in [1.82, 2.24) is 0 Å². The van der Waals surface area contributed by atoms with Crippen LogP contribution in [0.1, 0.15) is 26.7 Å². The molecule has 0 aromatic carbocycles. The molecule has 0 bridgehead atoms.